The normalized spacial score (nSPS) is 23.1. The van der Waals surface area contributed by atoms with Crippen LogP contribution in [0.25, 0.3) is 0 Å². The van der Waals surface area contributed by atoms with E-state index in [1.54, 1.807) is 7.11 Å². The minimum atomic E-state index is -0.402. The molecule has 1 unspecified atom stereocenters. The van der Waals surface area contributed by atoms with E-state index in [1.807, 2.05) is 53.1 Å². The van der Waals surface area contributed by atoms with E-state index in [0.717, 1.165) is 35.6 Å². The number of hydrogen-bond acceptors (Lipinski definition) is 3. The third-order valence-corrected chi connectivity index (χ3v) is 6.04. The van der Waals surface area contributed by atoms with Crippen LogP contribution in [0.4, 0.5) is 0 Å². The van der Waals surface area contributed by atoms with Crippen LogP contribution in [0.15, 0.2) is 48.5 Å². The van der Waals surface area contributed by atoms with Gasteiger partial charge in [0.25, 0.3) is 5.91 Å². The van der Waals surface area contributed by atoms with Crippen LogP contribution in [-0.4, -0.2) is 30.2 Å². The molecule has 112 valence electrons. The number of carbonyl (C=O) groups is 1. The molecular weight excluding hydrogens is 294 g/mol. The molecule has 4 heteroatoms. The molecule has 1 fully saturated rings. The van der Waals surface area contributed by atoms with Crippen LogP contribution in [0.5, 0.6) is 5.75 Å². The van der Waals surface area contributed by atoms with Crippen molar-refractivity contribution >= 4 is 17.7 Å². The highest BCUT2D eigenvalue weighted by Crippen LogP contribution is 2.54. The Balaban J connectivity index is 1.99. The molecule has 0 aromatic heterocycles. The average molecular weight is 311 g/mol. The van der Waals surface area contributed by atoms with Crippen molar-refractivity contribution in [3.05, 3.63) is 65.2 Å². The van der Waals surface area contributed by atoms with E-state index in [2.05, 4.69) is 12.1 Å². The number of benzene rings is 2. The van der Waals surface area contributed by atoms with Gasteiger partial charge in [-0.1, -0.05) is 30.3 Å². The Labute approximate surface area is 134 Å². The van der Waals surface area contributed by atoms with Crippen LogP contribution < -0.4 is 4.74 Å². The van der Waals surface area contributed by atoms with E-state index < -0.39 is 4.87 Å². The lowest BCUT2D eigenvalue weighted by Gasteiger charge is -2.42. The zero-order valence-corrected chi connectivity index (χ0v) is 13.2. The molecule has 2 aliphatic rings. The topological polar surface area (TPSA) is 29.5 Å². The Kier molecular flexibility index (Phi) is 3.15. The van der Waals surface area contributed by atoms with Gasteiger partial charge in [0.05, 0.1) is 7.11 Å². The van der Waals surface area contributed by atoms with Crippen LogP contribution in [0.2, 0.25) is 0 Å². The molecule has 0 spiro atoms. The van der Waals surface area contributed by atoms with E-state index in [0.29, 0.717) is 0 Å². The van der Waals surface area contributed by atoms with E-state index in [4.69, 9.17) is 4.74 Å². The smallest absolute Gasteiger partial charge is 0.255 e. The average Bonchev–Trinajstić information content (AvgIpc) is 2.86. The van der Waals surface area contributed by atoms with Crippen LogP contribution in [0.1, 0.15) is 27.9 Å². The van der Waals surface area contributed by atoms with Gasteiger partial charge in [0, 0.05) is 17.7 Å². The van der Waals surface area contributed by atoms with Gasteiger partial charge in [-0.25, -0.2) is 0 Å². The Morgan fingerprint density at radius 2 is 2.00 bits per heavy atom. The van der Waals surface area contributed by atoms with Crippen molar-refractivity contribution in [1.29, 1.82) is 0 Å². The molecule has 3 nitrogen and oxygen atoms in total. The van der Waals surface area contributed by atoms with Crippen molar-refractivity contribution in [3.63, 3.8) is 0 Å². The molecule has 0 saturated carbocycles. The zero-order valence-electron chi connectivity index (χ0n) is 12.4. The minimum Gasteiger partial charge on any atom is -0.497 e. The monoisotopic (exact) mass is 311 g/mol. The number of ether oxygens (including phenoxy) is 1. The van der Waals surface area contributed by atoms with Crippen LogP contribution >= 0.6 is 11.8 Å². The molecule has 0 N–H and O–H groups in total. The van der Waals surface area contributed by atoms with Crippen molar-refractivity contribution < 1.29 is 9.53 Å². The molecule has 2 aromatic carbocycles. The first-order chi connectivity index (χ1) is 10.8. The summed E-state index contributed by atoms with van der Waals surface area (Å²) in [6.07, 6.45) is 1.04. The highest BCUT2D eigenvalue weighted by atomic mass is 32.2. The Morgan fingerprint density at radius 1 is 1.18 bits per heavy atom. The number of carbonyl (C=O) groups excluding carboxylic acids is 1. The molecule has 2 aliphatic heterocycles. The molecule has 1 atom stereocenters. The highest BCUT2D eigenvalue weighted by Gasteiger charge is 2.52. The quantitative estimate of drug-likeness (QED) is 0.850. The summed E-state index contributed by atoms with van der Waals surface area (Å²) in [7, 11) is 1.67. The number of methoxy groups -OCH3 is 1. The van der Waals surface area contributed by atoms with Crippen molar-refractivity contribution in [2.45, 2.75) is 11.3 Å². The largest absolute Gasteiger partial charge is 0.497 e. The van der Waals surface area contributed by atoms with Crippen molar-refractivity contribution in [2.24, 2.45) is 0 Å². The molecule has 0 bridgehead atoms. The number of fused-ring (bicyclic) bond motifs is 3. The fraction of sp³-hybridized carbons (Fsp3) is 0.278. The summed E-state index contributed by atoms with van der Waals surface area (Å²) in [5.74, 6) is 1.98. The summed E-state index contributed by atoms with van der Waals surface area (Å²) < 4.78 is 5.40. The first-order valence-corrected chi connectivity index (χ1v) is 8.46. The number of amides is 1. The first kappa shape index (κ1) is 13.7. The van der Waals surface area contributed by atoms with Gasteiger partial charge in [0.1, 0.15) is 10.6 Å². The standard InChI is InChI=1S/C18H17NO2S/c1-21-14-8-9-15-16(12-14)18(13-6-3-2-4-7-13)19(17(15)20)10-5-11-22-18/h2-4,6-9,12H,5,10-11H2,1H3. The second-order valence-corrected chi connectivity index (χ2v) is 6.87. The second kappa shape index (κ2) is 5.06. The molecule has 1 saturated heterocycles. The van der Waals surface area contributed by atoms with E-state index in [-0.39, 0.29) is 5.91 Å². The zero-order chi connectivity index (χ0) is 15.2. The summed E-state index contributed by atoms with van der Waals surface area (Å²) in [6.45, 7) is 0.803. The van der Waals surface area contributed by atoms with Gasteiger partial charge < -0.3 is 9.64 Å². The molecule has 22 heavy (non-hydrogen) atoms. The molecule has 4 rings (SSSR count). The number of rotatable bonds is 2. The fourth-order valence-corrected chi connectivity index (χ4v) is 4.99. The second-order valence-electron chi connectivity index (χ2n) is 5.58. The molecule has 2 aromatic rings. The summed E-state index contributed by atoms with van der Waals surface area (Å²) in [5, 5.41) is 0. The van der Waals surface area contributed by atoms with Gasteiger partial charge in [-0.2, -0.15) is 0 Å². The molecule has 0 aliphatic carbocycles. The maximum atomic E-state index is 12.9. The van der Waals surface area contributed by atoms with Crippen molar-refractivity contribution in [2.75, 3.05) is 19.4 Å². The van der Waals surface area contributed by atoms with Crippen LogP contribution in [0.3, 0.4) is 0 Å². The van der Waals surface area contributed by atoms with Gasteiger partial charge in [-0.3, -0.25) is 4.79 Å². The maximum absolute atomic E-state index is 12.9. The maximum Gasteiger partial charge on any atom is 0.255 e. The Morgan fingerprint density at radius 3 is 2.77 bits per heavy atom. The van der Waals surface area contributed by atoms with Crippen LogP contribution in [0, 0.1) is 0 Å². The first-order valence-electron chi connectivity index (χ1n) is 7.47. The van der Waals surface area contributed by atoms with Crippen molar-refractivity contribution in [1.82, 2.24) is 4.90 Å². The minimum absolute atomic E-state index is 0.133. The molecule has 0 radical (unpaired) electrons. The number of nitrogens with zero attached hydrogens (tertiary/aromatic N) is 1. The van der Waals surface area contributed by atoms with Crippen LogP contribution in [-0.2, 0) is 4.87 Å². The summed E-state index contributed by atoms with van der Waals surface area (Å²) in [4.78, 5) is 14.5. The van der Waals surface area contributed by atoms with E-state index >= 15 is 0 Å². The Bertz CT molecular complexity index is 731. The highest BCUT2D eigenvalue weighted by molar-refractivity contribution is 8.00. The molecule has 1 amide bonds. The number of thioether (sulfide) groups is 1. The van der Waals surface area contributed by atoms with E-state index in [9.17, 15) is 4.79 Å². The van der Waals surface area contributed by atoms with Gasteiger partial charge in [-0.05, 0) is 35.9 Å². The fourth-order valence-electron chi connectivity index (χ4n) is 3.47. The third kappa shape index (κ3) is 1.73. The lowest BCUT2D eigenvalue weighted by Crippen LogP contribution is -2.45. The van der Waals surface area contributed by atoms with Crippen molar-refractivity contribution in [3.8, 4) is 5.75 Å². The van der Waals surface area contributed by atoms with Gasteiger partial charge in [0.2, 0.25) is 0 Å². The predicted molar refractivity (Wildman–Crippen MR) is 88.3 cm³/mol. The summed E-state index contributed by atoms with van der Waals surface area (Å²) >= 11 is 1.85. The third-order valence-electron chi connectivity index (χ3n) is 4.45. The summed E-state index contributed by atoms with van der Waals surface area (Å²) in [5.41, 5.74) is 3.03. The lowest BCUT2D eigenvalue weighted by molar-refractivity contribution is 0.0716. The SMILES string of the molecule is COc1ccc2c(c1)C1(c3ccccc3)SCCCN1C2=O. The van der Waals surface area contributed by atoms with E-state index in [1.165, 1.54) is 5.56 Å². The Hall–Kier alpha value is -1.94. The summed E-state index contributed by atoms with van der Waals surface area (Å²) in [6, 6.07) is 16.1. The molecule has 2 heterocycles. The number of hydrogen-bond donors (Lipinski definition) is 0. The van der Waals surface area contributed by atoms with Gasteiger partial charge in [-0.15, -0.1) is 11.8 Å². The lowest BCUT2D eigenvalue weighted by atomic mass is 9.96. The van der Waals surface area contributed by atoms with Gasteiger partial charge >= 0.3 is 0 Å². The van der Waals surface area contributed by atoms with Gasteiger partial charge in [0.15, 0.2) is 0 Å². The predicted octanol–water partition coefficient (Wildman–Crippen LogP) is 3.49. The molecular formula is C18H17NO2S.